The second-order valence-corrected chi connectivity index (χ2v) is 6.11. The van der Waals surface area contributed by atoms with E-state index in [0.717, 1.165) is 25.7 Å². The Labute approximate surface area is 124 Å². The topological polar surface area (TPSA) is 0 Å². The molecule has 0 aromatic heterocycles. The largest absolute Gasteiger partial charge is 0.208 e. The van der Waals surface area contributed by atoms with E-state index >= 15 is 0 Å². The Morgan fingerprint density at radius 2 is 1.70 bits per heavy atom. The van der Waals surface area contributed by atoms with Gasteiger partial charge in [0.1, 0.15) is 5.83 Å². The average molecular weight is 299 g/mol. The number of rotatable bonds is 4. The van der Waals surface area contributed by atoms with Gasteiger partial charge in [-0.25, -0.2) is 8.78 Å². The molecule has 0 nitrogen and oxygen atoms in total. The molecular weight excluding hydrogens is 278 g/mol. The van der Waals surface area contributed by atoms with Crippen LogP contribution in [0.1, 0.15) is 51.0 Å². The van der Waals surface area contributed by atoms with Crippen LogP contribution in [0.3, 0.4) is 0 Å². The summed E-state index contributed by atoms with van der Waals surface area (Å²) in [7, 11) is 0. The molecule has 1 saturated carbocycles. The zero-order valence-corrected chi connectivity index (χ0v) is 12.6. The third-order valence-corrected chi connectivity index (χ3v) is 4.46. The second kappa shape index (κ2) is 7.21. The summed E-state index contributed by atoms with van der Waals surface area (Å²) in [6, 6.07) is 6.23. The average Bonchev–Trinajstić information content (AvgIpc) is 2.48. The van der Waals surface area contributed by atoms with Crippen molar-refractivity contribution in [3.63, 3.8) is 0 Å². The van der Waals surface area contributed by atoms with Crippen molar-refractivity contribution >= 4 is 17.4 Å². The summed E-state index contributed by atoms with van der Waals surface area (Å²) in [6.45, 7) is 2.17. The standard InChI is InChI=1S/C17H21ClF2/c1-2-3-12-4-6-13(7-5-12)16(19)17(20)14-8-10-15(18)11-9-14/h8-13H,2-7H2,1H3/b17-16-. The molecule has 0 aliphatic heterocycles. The first kappa shape index (κ1) is 15.5. The number of benzene rings is 1. The van der Waals surface area contributed by atoms with E-state index in [1.165, 1.54) is 25.0 Å². The smallest absolute Gasteiger partial charge is 0.162 e. The highest BCUT2D eigenvalue weighted by Crippen LogP contribution is 2.39. The van der Waals surface area contributed by atoms with Crippen molar-refractivity contribution in [2.75, 3.05) is 0 Å². The van der Waals surface area contributed by atoms with E-state index < -0.39 is 11.7 Å². The van der Waals surface area contributed by atoms with E-state index in [1.807, 2.05) is 0 Å². The van der Waals surface area contributed by atoms with Gasteiger partial charge in [0.15, 0.2) is 5.83 Å². The summed E-state index contributed by atoms with van der Waals surface area (Å²) >= 11 is 5.76. The molecule has 1 aromatic rings. The van der Waals surface area contributed by atoms with Gasteiger partial charge in [-0.2, -0.15) is 0 Å². The van der Waals surface area contributed by atoms with Gasteiger partial charge >= 0.3 is 0 Å². The van der Waals surface area contributed by atoms with Crippen molar-refractivity contribution in [2.24, 2.45) is 11.8 Å². The Kier molecular flexibility index (Phi) is 5.59. The van der Waals surface area contributed by atoms with Crippen LogP contribution in [0, 0.1) is 11.8 Å². The minimum atomic E-state index is -0.722. The van der Waals surface area contributed by atoms with Crippen molar-refractivity contribution in [3.8, 4) is 0 Å². The predicted molar refractivity (Wildman–Crippen MR) is 80.9 cm³/mol. The third kappa shape index (κ3) is 3.82. The zero-order chi connectivity index (χ0) is 14.5. The van der Waals surface area contributed by atoms with Crippen LogP contribution in [0.5, 0.6) is 0 Å². The molecule has 0 radical (unpaired) electrons. The molecule has 0 heterocycles. The van der Waals surface area contributed by atoms with Crippen molar-refractivity contribution in [3.05, 3.63) is 40.7 Å². The van der Waals surface area contributed by atoms with Crippen molar-refractivity contribution in [2.45, 2.75) is 45.4 Å². The molecule has 3 heteroatoms. The van der Waals surface area contributed by atoms with Crippen LogP contribution in [0.25, 0.3) is 5.83 Å². The first-order valence-corrected chi connectivity index (χ1v) is 7.80. The lowest BCUT2D eigenvalue weighted by molar-refractivity contribution is 0.261. The van der Waals surface area contributed by atoms with Gasteiger partial charge in [0, 0.05) is 16.5 Å². The SMILES string of the molecule is CCCC1CCC(/C(F)=C(/F)c2ccc(Cl)cc2)CC1. The summed E-state index contributed by atoms with van der Waals surface area (Å²) < 4.78 is 28.4. The molecule has 0 saturated heterocycles. The lowest BCUT2D eigenvalue weighted by Gasteiger charge is -2.27. The van der Waals surface area contributed by atoms with E-state index in [1.54, 1.807) is 12.1 Å². The molecule has 0 bridgehead atoms. The molecular formula is C17H21ClF2. The van der Waals surface area contributed by atoms with Crippen LogP contribution in [-0.2, 0) is 0 Å². The van der Waals surface area contributed by atoms with Gasteiger partial charge < -0.3 is 0 Å². The Morgan fingerprint density at radius 3 is 2.25 bits per heavy atom. The van der Waals surface area contributed by atoms with Crippen LogP contribution in [0.15, 0.2) is 30.1 Å². The highest BCUT2D eigenvalue weighted by atomic mass is 35.5. The maximum Gasteiger partial charge on any atom is 0.162 e. The van der Waals surface area contributed by atoms with Crippen LogP contribution in [-0.4, -0.2) is 0 Å². The minimum Gasteiger partial charge on any atom is -0.208 e. The summed E-state index contributed by atoms with van der Waals surface area (Å²) in [4.78, 5) is 0. The van der Waals surface area contributed by atoms with E-state index in [4.69, 9.17) is 11.6 Å². The quantitative estimate of drug-likeness (QED) is 0.591. The Morgan fingerprint density at radius 1 is 1.10 bits per heavy atom. The molecule has 1 aromatic carbocycles. The maximum atomic E-state index is 14.3. The molecule has 0 atom stereocenters. The van der Waals surface area contributed by atoms with Crippen LogP contribution in [0.2, 0.25) is 5.02 Å². The van der Waals surface area contributed by atoms with Gasteiger partial charge in [-0.3, -0.25) is 0 Å². The summed E-state index contributed by atoms with van der Waals surface area (Å²) in [5.41, 5.74) is 0.280. The molecule has 20 heavy (non-hydrogen) atoms. The predicted octanol–water partition coefficient (Wildman–Crippen LogP) is 6.55. The maximum absolute atomic E-state index is 14.3. The molecule has 2 rings (SSSR count). The molecule has 1 fully saturated rings. The molecule has 0 spiro atoms. The number of hydrogen-bond donors (Lipinski definition) is 0. The first-order valence-electron chi connectivity index (χ1n) is 7.43. The first-order chi connectivity index (χ1) is 9.61. The normalized spacial score (nSPS) is 24.4. The van der Waals surface area contributed by atoms with E-state index in [0.29, 0.717) is 10.9 Å². The number of halogens is 3. The van der Waals surface area contributed by atoms with E-state index in [9.17, 15) is 8.78 Å². The van der Waals surface area contributed by atoms with Crippen molar-refractivity contribution in [1.82, 2.24) is 0 Å². The molecule has 0 unspecified atom stereocenters. The molecule has 0 N–H and O–H groups in total. The second-order valence-electron chi connectivity index (χ2n) is 5.68. The third-order valence-electron chi connectivity index (χ3n) is 4.21. The van der Waals surface area contributed by atoms with Gasteiger partial charge in [0.05, 0.1) is 0 Å². The van der Waals surface area contributed by atoms with E-state index in [2.05, 4.69) is 6.92 Å². The number of allylic oxidation sites excluding steroid dienone is 1. The Hall–Kier alpha value is -0.890. The Bertz CT molecular complexity index is 456. The minimum absolute atomic E-state index is 0.251. The van der Waals surface area contributed by atoms with E-state index in [-0.39, 0.29) is 11.5 Å². The lowest BCUT2D eigenvalue weighted by Crippen LogP contribution is -2.15. The van der Waals surface area contributed by atoms with Gasteiger partial charge in [-0.05, 0) is 43.7 Å². The monoisotopic (exact) mass is 298 g/mol. The summed E-state index contributed by atoms with van der Waals surface area (Å²) in [5, 5.41) is 0.530. The van der Waals surface area contributed by atoms with Crippen molar-refractivity contribution in [1.29, 1.82) is 0 Å². The lowest BCUT2D eigenvalue weighted by atomic mass is 9.79. The molecule has 110 valence electrons. The van der Waals surface area contributed by atoms with Gasteiger partial charge in [-0.15, -0.1) is 0 Å². The fraction of sp³-hybridized carbons (Fsp3) is 0.529. The highest BCUT2D eigenvalue weighted by Gasteiger charge is 2.26. The molecule has 1 aliphatic carbocycles. The zero-order valence-electron chi connectivity index (χ0n) is 11.8. The molecule has 0 amide bonds. The fourth-order valence-electron chi connectivity index (χ4n) is 3.03. The van der Waals surface area contributed by atoms with Gasteiger partial charge in [-0.1, -0.05) is 43.5 Å². The van der Waals surface area contributed by atoms with Crippen LogP contribution in [0.4, 0.5) is 8.78 Å². The summed E-state index contributed by atoms with van der Waals surface area (Å²) in [6.07, 6.45) is 5.93. The van der Waals surface area contributed by atoms with Crippen LogP contribution < -0.4 is 0 Å². The Balaban J connectivity index is 2.04. The summed E-state index contributed by atoms with van der Waals surface area (Å²) in [5.74, 6) is -0.857. The molecule has 1 aliphatic rings. The van der Waals surface area contributed by atoms with Gasteiger partial charge in [0.25, 0.3) is 0 Å². The van der Waals surface area contributed by atoms with Gasteiger partial charge in [0.2, 0.25) is 0 Å². The highest BCUT2D eigenvalue weighted by molar-refractivity contribution is 6.30. The number of hydrogen-bond acceptors (Lipinski definition) is 0. The fourth-order valence-corrected chi connectivity index (χ4v) is 3.15. The van der Waals surface area contributed by atoms with Crippen LogP contribution >= 0.6 is 11.6 Å². The van der Waals surface area contributed by atoms with Crippen molar-refractivity contribution < 1.29 is 8.78 Å².